The maximum absolute atomic E-state index is 10.9. The fourth-order valence-electron chi connectivity index (χ4n) is 1.17. The van der Waals surface area contributed by atoms with E-state index in [4.69, 9.17) is 11.5 Å². The van der Waals surface area contributed by atoms with Crippen LogP contribution in [0.1, 0.15) is 26.7 Å². The van der Waals surface area contributed by atoms with Gasteiger partial charge in [0, 0.05) is 0 Å². The van der Waals surface area contributed by atoms with E-state index in [0.717, 1.165) is 0 Å². The van der Waals surface area contributed by atoms with Gasteiger partial charge in [-0.2, -0.15) is 0 Å². The van der Waals surface area contributed by atoms with Crippen molar-refractivity contribution >= 4 is 11.7 Å². The van der Waals surface area contributed by atoms with E-state index in [2.05, 4.69) is 0 Å². The van der Waals surface area contributed by atoms with Gasteiger partial charge in [-0.05, 0) is 12.8 Å². The predicted molar refractivity (Wildman–Crippen MR) is 46.2 cm³/mol. The van der Waals surface area contributed by atoms with Gasteiger partial charge >= 0.3 is 0 Å². The summed E-state index contributed by atoms with van der Waals surface area (Å²) < 4.78 is 0. The van der Waals surface area contributed by atoms with Gasteiger partial charge in [-0.1, -0.05) is 13.8 Å². The second-order valence-corrected chi connectivity index (χ2v) is 2.54. The molecule has 0 saturated heterocycles. The summed E-state index contributed by atoms with van der Waals surface area (Å²) in [6.07, 6.45) is 1.11. The number of amides is 1. The number of nitrogens with two attached hydrogens (primary N) is 2. The molecule has 0 heterocycles. The lowest BCUT2D eigenvalue weighted by Crippen LogP contribution is -2.33. The summed E-state index contributed by atoms with van der Waals surface area (Å²) >= 11 is 0. The first kappa shape index (κ1) is 11.1. The molecule has 12 heavy (non-hydrogen) atoms. The van der Waals surface area contributed by atoms with Crippen LogP contribution < -0.4 is 11.5 Å². The van der Waals surface area contributed by atoms with Crippen molar-refractivity contribution in [3.63, 3.8) is 0 Å². The Morgan fingerprint density at radius 1 is 1.42 bits per heavy atom. The van der Waals surface area contributed by atoms with E-state index < -0.39 is 17.9 Å². The Bertz CT molecular complexity index is 180. The van der Waals surface area contributed by atoms with Gasteiger partial charge in [0.25, 0.3) is 0 Å². The number of carbonyl (C=O) groups is 2. The molecule has 70 valence electrons. The van der Waals surface area contributed by atoms with Gasteiger partial charge in [-0.15, -0.1) is 0 Å². The van der Waals surface area contributed by atoms with Crippen molar-refractivity contribution in [2.24, 2.45) is 17.4 Å². The standard InChI is InChI=1S/C6H10N2O2.C2H6/c7-4-2-1-3(5(4)9)6(8)10;1-2/h3-4H,1-2,7H2,(H2,8,10);1-2H3. The molecule has 0 spiro atoms. The third-order valence-electron chi connectivity index (χ3n) is 1.82. The molecule has 0 bridgehead atoms. The molecule has 4 nitrogen and oxygen atoms in total. The van der Waals surface area contributed by atoms with Gasteiger partial charge in [0.1, 0.15) is 0 Å². The number of rotatable bonds is 1. The Hall–Kier alpha value is -0.900. The number of Topliss-reactive ketones (excluding diaryl/α,β-unsaturated/α-hetero) is 1. The number of hydrogen-bond donors (Lipinski definition) is 2. The third-order valence-corrected chi connectivity index (χ3v) is 1.82. The van der Waals surface area contributed by atoms with Crippen LogP contribution in [-0.2, 0) is 9.59 Å². The van der Waals surface area contributed by atoms with E-state index >= 15 is 0 Å². The fourth-order valence-corrected chi connectivity index (χ4v) is 1.17. The summed E-state index contributed by atoms with van der Waals surface area (Å²) in [5, 5.41) is 0. The average Bonchev–Trinajstić information content (AvgIpc) is 2.37. The highest BCUT2D eigenvalue weighted by atomic mass is 16.2. The van der Waals surface area contributed by atoms with Gasteiger partial charge in [-0.25, -0.2) is 0 Å². The molecule has 4 heteroatoms. The minimum Gasteiger partial charge on any atom is -0.369 e. The van der Waals surface area contributed by atoms with Crippen LogP contribution in [0.2, 0.25) is 0 Å². The third kappa shape index (κ3) is 2.30. The fraction of sp³-hybridized carbons (Fsp3) is 0.750. The largest absolute Gasteiger partial charge is 0.369 e. The minimum atomic E-state index is -0.616. The van der Waals surface area contributed by atoms with Crippen molar-refractivity contribution < 1.29 is 9.59 Å². The molecule has 0 radical (unpaired) electrons. The van der Waals surface area contributed by atoms with Gasteiger partial charge in [0.15, 0.2) is 5.78 Å². The highest BCUT2D eigenvalue weighted by Gasteiger charge is 2.35. The SMILES string of the molecule is CC.NC(=O)C1CCC(N)C1=O. The van der Waals surface area contributed by atoms with Crippen LogP contribution in [0.25, 0.3) is 0 Å². The summed E-state index contributed by atoms with van der Waals surface area (Å²) in [6.45, 7) is 4.00. The van der Waals surface area contributed by atoms with Crippen molar-refractivity contribution in [2.45, 2.75) is 32.7 Å². The van der Waals surface area contributed by atoms with E-state index in [9.17, 15) is 9.59 Å². The van der Waals surface area contributed by atoms with Gasteiger partial charge < -0.3 is 11.5 Å². The van der Waals surface area contributed by atoms with E-state index in [-0.39, 0.29) is 5.78 Å². The van der Waals surface area contributed by atoms with Gasteiger partial charge in [-0.3, -0.25) is 9.59 Å². The zero-order chi connectivity index (χ0) is 9.72. The molecule has 2 atom stereocenters. The Kier molecular flexibility index (Phi) is 4.51. The van der Waals surface area contributed by atoms with Crippen molar-refractivity contribution in [1.82, 2.24) is 0 Å². The summed E-state index contributed by atoms with van der Waals surface area (Å²) in [5.41, 5.74) is 10.3. The second kappa shape index (κ2) is 4.87. The summed E-state index contributed by atoms with van der Waals surface area (Å²) in [4.78, 5) is 21.4. The number of carbonyl (C=O) groups excluding carboxylic acids is 2. The summed E-state index contributed by atoms with van der Waals surface area (Å²) in [6, 6.07) is -0.461. The molecule has 1 aliphatic rings. The Morgan fingerprint density at radius 2 is 1.92 bits per heavy atom. The van der Waals surface area contributed by atoms with Crippen LogP contribution in [0.15, 0.2) is 0 Å². The lowest BCUT2D eigenvalue weighted by atomic mass is 10.1. The molecule has 1 aliphatic carbocycles. The monoisotopic (exact) mass is 172 g/mol. The number of primary amides is 1. The van der Waals surface area contributed by atoms with Gasteiger partial charge in [0.2, 0.25) is 5.91 Å². The van der Waals surface area contributed by atoms with Crippen LogP contribution >= 0.6 is 0 Å². The molecular formula is C8H16N2O2. The van der Waals surface area contributed by atoms with Crippen LogP contribution in [0, 0.1) is 5.92 Å². The molecule has 1 saturated carbocycles. The first-order chi connectivity index (χ1) is 5.63. The summed E-state index contributed by atoms with van der Waals surface area (Å²) in [5.74, 6) is -1.36. The molecule has 0 aliphatic heterocycles. The molecule has 0 aromatic carbocycles. The topological polar surface area (TPSA) is 86.2 Å². The second-order valence-electron chi connectivity index (χ2n) is 2.54. The number of hydrogen-bond acceptors (Lipinski definition) is 3. The van der Waals surface area contributed by atoms with E-state index in [0.29, 0.717) is 12.8 Å². The van der Waals surface area contributed by atoms with Crippen LogP contribution in [-0.4, -0.2) is 17.7 Å². The van der Waals surface area contributed by atoms with Crippen molar-refractivity contribution in [3.8, 4) is 0 Å². The molecule has 1 amide bonds. The molecule has 4 N–H and O–H groups in total. The van der Waals surface area contributed by atoms with Crippen molar-refractivity contribution in [1.29, 1.82) is 0 Å². The van der Waals surface area contributed by atoms with E-state index in [1.807, 2.05) is 13.8 Å². The first-order valence-corrected chi connectivity index (χ1v) is 4.21. The quantitative estimate of drug-likeness (QED) is 0.537. The molecule has 0 aromatic rings. The van der Waals surface area contributed by atoms with Crippen molar-refractivity contribution in [2.75, 3.05) is 0 Å². The minimum absolute atomic E-state index is 0.201. The smallest absolute Gasteiger partial charge is 0.228 e. The lowest BCUT2D eigenvalue weighted by molar-refractivity contribution is -0.130. The van der Waals surface area contributed by atoms with E-state index in [1.54, 1.807) is 0 Å². The maximum atomic E-state index is 10.9. The highest BCUT2D eigenvalue weighted by Crippen LogP contribution is 2.19. The first-order valence-electron chi connectivity index (χ1n) is 4.21. The molecule has 2 unspecified atom stereocenters. The van der Waals surface area contributed by atoms with Crippen LogP contribution in [0.5, 0.6) is 0 Å². The Morgan fingerprint density at radius 3 is 2.08 bits per heavy atom. The predicted octanol–water partition coefficient (Wildman–Crippen LogP) is -0.196. The van der Waals surface area contributed by atoms with Crippen LogP contribution in [0.3, 0.4) is 0 Å². The Labute approximate surface area is 72.3 Å². The van der Waals surface area contributed by atoms with Crippen molar-refractivity contribution in [3.05, 3.63) is 0 Å². The van der Waals surface area contributed by atoms with E-state index in [1.165, 1.54) is 0 Å². The highest BCUT2D eigenvalue weighted by molar-refractivity contribution is 6.04. The zero-order valence-corrected chi connectivity index (χ0v) is 7.54. The maximum Gasteiger partial charge on any atom is 0.228 e. The Balaban J connectivity index is 0.000000561. The molecule has 0 aromatic heterocycles. The average molecular weight is 172 g/mol. The molecule has 1 fully saturated rings. The normalized spacial score (nSPS) is 27.8. The molecule has 1 rings (SSSR count). The number of ketones is 1. The van der Waals surface area contributed by atoms with Gasteiger partial charge in [0.05, 0.1) is 12.0 Å². The summed E-state index contributed by atoms with van der Waals surface area (Å²) in [7, 11) is 0. The zero-order valence-electron chi connectivity index (χ0n) is 7.54. The van der Waals surface area contributed by atoms with Crippen LogP contribution in [0.4, 0.5) is 0 Å². The molecular weight excluding hydrogens is 156 g/mol. The lowest BCUT2D eigenvalue weighted by Gasteiger charge is -2.00.